The van der Waals surface area contributed by atoms with E-state index < -0.39 is 35.1 Å². The predicted octanol–water partition coefficient (Wildman–Crippen LogP) is 1.83. The molecule has 0 fully saturated rings. The zero-order chi connectivity index (χ0) is 17.5. The number of hydrogen-bond acceptors (Lipinski definition) is 4. The molecule has 1 amide bonds. The van der Waals surface area contributed by atoms with Crippen LogP contribution in [0.4, 0.5) is 23.4 Å². The predicted molar refractivity (Wildman–Crippen MR) is 73.0 cm³/mol. The second kappa shape index (κ2) is 5.44. The monoisotopic (exact) mass is 341 g/mol. The molecule has 2 N–H and O–H groups in total. The number of H-pyrrole nitrogens is 1. The minimum atomic E-state index is -4.84. The van der Waals surface area contributed by atoms with Gasteiger partial charge in [-0.3, -0.25) is 14.6 Å². The van der Waals surface area contributed by atoms with Crippen molar-refractivity contribution in [1.29, 1.82) is 0 Å². The summed E-state index contributed by atoms with van der Waals surface area (Å²) in [6.45, 7) is 0. The van der Waals surface area contributed by atoms with Crippen molar-refractivity contribution in [1.82, 2.24) is 19.6 Å². The Hall–Kier alpha value is -3.24. The van der Waals surface area contributed by atoms with E-state index in [1.807, 2.05) is 0 Å². The van der Waals surface area contributed by atoms with Crippen LogP contribution in [0.15, 0.2) is 35.1 Å². The molecular weight excluding hydrogens is 334 g/mol. The second-order valence-electron chi connectivity index (χ2n) is 4.62. The number of rotatable bonds is 2. The highest BCUT2D eigenvalue weighted by Gasteiger charge is 2.36. The van der Waals surface area contributed by atoms with Crippen molar-refractivity contribution in [2.45, 2.75) is 6.18 Å². The van der Waals surface area contributed by atoms with E-state index in [4.69, 9.17) is 0 Å². The minimum Gasteiger partial charge on any atom is -0.306 e. The van der Waals surface area contributed by atoms with E-state index >= 15 is 0 Å². The first-order chi connectivity index (χ1) is 11.3. The summed E-state index contributed by atoms with van der Waals surface area (Å²) in [5, 5.41) is 5.34. The molecule has 1 aromatic carbocycles. The highest BCUT2D eigenvalue weighted by Crippen LogP contribution is 2.26. The van der Waals surface area contributed by atoms with Crippen LogP contribution in [0.2, 0.25) is 0 Å². The van der Waals surface area contributed by atoms with E-state index in [1.54, 1.807) is 0 Å². The van der Waals surface area contributed by atoms with Gasteiger partial charge in [0, 0.05) is 6.07 Å². The molecule has 0 aliphatic heterocycles. The molecule has 0 saturated carbocycles. The molecule has 0 saturated heterocycles. The number of carbonyl (C=O) groups is 1. The molecule has 0 spiro atoms. The third-order valence-electron chi connectivity index (χ3n) is 2.95. The number of halogens is 4. The Kier molecular flexibility index (Phi) is 3.55. The summed E-state index contributed by atoms with van der Waals surface area (Å²) in [5.41, 5.74) is -1.16. The first-order valence-electron chi connectivity index (χ1n) is 6.39. The first-order valence-corrected chi connectivity index (χ1v) is 6.39. The van der Waals surface area contributed by atoms with Gasteiger partial charge in [-0.05, 0) is 12.1 Å². The Morgan fingerprint density at radius 2 is 1.96 bits per heavy atom. The van der Waals surface area contributed by atoms with Crippen LogP contribution in [0.25, 0.3) is 5.78 Å². The van der Waals surface area contributed by atoms with Gasteiger partial charge < -0.3 is 5.32 Å². The highest BCUT2D eigenvalue weighted by molar-refractivity contribution is 6.04. The first kappa shape index (κ1) is 15.6. The van der Waals surface area contributed by atoms with Crippen molar-refractivity contribution >= 4 is 17.5 Å². The van der Waals surface area contributed by atoms with Gasteiger partial charge in [-0.15, -0.1) is 5.10 Å². The van der Waals surface area contributed by atoms with Crippen LogP contribution in [-0.4, -0.2) is 25.5 Å². The standard InChI is InChI=1S/C13H7F4N5O2/c14-7-4-2-1-3-6(7)10(24)18-8-5-9(23)19-12-20-11(13(15,16)17)21-22(8)12/h1-5H,(H,18,24)(H,19,20,21,23). The van der Waals surface area contributed by atoms with Gasteiger partial charge in [0.2, 0.25) is 5.78 Å². The molecule has 7 nitrogen and oxygen atoms in total. The van der Waals surface area contributed by atoms with Crippen molar-refractivity contribution < 1.29 is 22.4 Å². The van der Waals surface area contributed by atoms with E-state index in [2.05, 4.69) is 20.4 Å². The van der Waals surface area contributed by atoms with Gasteiger partial charge >= 0.3 is 6.18 Å². The van der Waals surface area contributed by atoms with Crippen LogP contribution in [0.5, 0.6) is 0 Å². The van der Waals surface area contributed by atoms with Gasteiger partial charge in [-0.1, -0.05) is 12.1 Å². The van der Waals surface area contributed by atoms with Crippen LogP contribution >= 0.6 is 0 Å². The van der Waals surface area contributed by atoms with Gasteiger partial charge in [0.05, 0.1) is 5.56 Å². The molecule has 0 bridgehead atoms. The molecule has 0 unspecified atom stereocenters. The van der Waals surface area contributed by atoms with Crippen LogP contribution in [0, 0.1) is 5.82 Å². The molecule has 3 rings (SSSR count). The van der Waals surface area contributed by atoms with Gasteiger partial charge in [0.15, 0.2) is 0 Å². The lowest BCUT2D eigenvalue weighted by atomic mass is 10.2. The topological polar surface area (TPSA) is 92.1 Å². The van der Waals surface area contributed by atoms with Crippen molar-refractivity contribution in [3.05, 3.63) is 57.9 Å². The molecule has 3 aromatic rings. The fraction of sp³-hybridized carbons (Fsp3) is 0.0769. The number of benzene rings is 1. The fourth-order valence-electron chi connectivity index (χ4n) is 1.93. The van der Waals surface area contributed by atoms with Crippen LogP contribution in [0.3, 0.4) is 0 Å². The van der Waals surface area contributed by atoms with Crippen molar-refractivity contribution in [3.63, 3.8) is 0 Å². The molecule has 2 aromatic heterocycles. The van der Waals surface area contributed by atoms with Crippen LogP contribution in [0.1, 0.15) is 16.2 Å². The van der Waals surface area contributed by atoms with E-state index in [0.717, 1.165) is 12.1 Å². The Morgan fingerprint density at radius 1 is 1.25 bits per heavy atom. The highest BCUT2D eigenvalue weighted by atomic mass is 19.4. The van der Waals surface area contributed by atoms with Crippen molar-refractivity contribution in [2.75, 3.05) is 5.32 Å². The fourth-order valence-corrected chi connectivity index (χ4v) is 1.93. The van der Waals surface area contributed by atoms with E-state index in [9.17, 15) is 27.2 Å². The molecule has 24 heavy (non-hydrogen) atoms. The maximum Gasteiger partial charge on any atom is 0.453 e. The number of nitrogens with zero attached hydrogens (tertiary/aromatic N) is 3. The molecule has 11 heteroatoms. The van der Waals surface area contributed by atoms with Gasteiger partial charge in [-0.25, -0.2) is 4.39 Å². The van der Waals surface area contributed by atoms with Gasteiger partial charge in [-0.2, -0.15) is 22.7 Å². The number of nitrogens with one attached hydrogen (secondary N) is 2. The number of aromatic nitrogens is 4. The summed E-state index contributed by atoms with van der Waals surface area (Å²) in [6.07, 6.45) is -4.84. The third-order valence-corrected chi connectivity index (χ3v) is 2.95. The van der Waals surface area contributed by atoms with Crippen LogP contribution in [-0.2, 0) is 6.18 Å². The molecule has 0 atom stereocenters. The smallest absolute Gasteiger partial charge is 0.306 e. The molecule has 0 aliphatic carbocycles. The summed E-state index contributed by atoms with van der Waals surface area (Å²) < 4.78 is 52.2. The normalized spacial score (nSPS) is 11.7. The molecule has 0 aliphatic rings. The van der Waals surface area contributed by atoms with Gasteiger partial charge in [0.1, 0.15) is 11.6 Å². The number of anilines is 1. The number of alkyl halides is 3. The zero-order valence-corrected chi connectivity index (χ0v) is 11.6. The van der Waals surface area contributed by atoms with Gasteiger partial charge in [0.25, 0.3) is 17.3 Å². The lowest BCUT2D eigenvalue weighted by Gasteiger charge is -2.06. The number of aromatic amines is 1. The lowest BCUT2D eigenvalue weighted by molar-refractivity contribution is -0.144. The average molecular weight is 341 g/mol. The molecular formula is C13H7F4N5O2. The number of amides is 1. The Morgan fingerprint density at radius 3 is 2.62 bits per heavy atom. The maximum atomic E-state index is 13.6. The minimum absolute atomic E-state index is 0.345. The lowest BCUT2D eigenvalue weighted by Crippen LogP contribution is -2.19. The number of hydrogen-bond donors (Lipinski definition) is 2. The second-order valence-corrected chi connectivity index (χ2v) is 4.62. The quantitative estimate of drug-likeness (QED) is 0.696. The SMILES string of the molecule is O=C(Nc1cc(=O)[nH]c2nc(C(F)(F)F)nn12)c1ccccc1F. The Balaban J connectivity index is 2.06. The zero-order valence-electron chi connectivity index (χ0n) is 11.6. The molecule has 124 valence electrons. The number of carbonyl (C=O) groups excluding carboxylic acids is 1. The maximum absolute atomic E-state index is 13.6. The molecule has 2 heterocycles. The summed E-state index contributed by atoms with van der Waals surface area (Å²) in [6, 6.07) is 5.80. The number of fused-ring (bicyclic) bond motifs is 1. The van der Waals surface area contributed by atoms with Crippen LogP contribution < -0.4 is 10.9 Å². The van der Waals surface area contributed by atoms with Crippen molar-refractivity contribution in [3.8, 4) is 0 Å². The van der Waals surface area contributed by atoms with E-state index in [-0.39, 0.29) is 11.4 Å². The summed E-state index contributed by atoms with van der Waals surface area (Å²) in [4.78, 5) is 28.8. The van der Waals surface area contributed by atoms with E-state index in [0.29, 0.717) is 4.52 Å². The summed E-state index contributed by atoms with van der Waals surface area (Å²) >= 11 is 0. The third kappa shape index (κ3) is 2.83. The summed E-state index contributed by atoms with van der Waals surface area (Å²) in [7, 11) is 0. The largest absolute Gasteiger partial charge is 0.453 e. The van der Waals surface area contributed by atoms with E-state index in [1.165, 1.54) is 18.2 Å². The molecule has 0 radical (unpaired) electrons. The summed E-state index contributed by atoms with van der Waals surface area (Å²) in [5.74, 6) is -4.18. The Bertz CT molecular complexity index is 992. The van der Waals surface area contributed by atoms with Crippen molar-refractivity contribution in [2.24, 2.45) is 0 Å². The Labute approximate surface area is 129 Å². The average Bonchev–Trinajstić information content (AvgIpc) is 2.91.